The zero-order valence-corrected chi connectivity index (χ0v) is 63.8. The van der Waals surface area contributed by atoms with Crippen LogP contribution in [0.3, 0.4) is 0 Å². The van der Waals surface area contributed by atoms with Gasteiger partial charge in [0.1, 0.15) is 18.5 Å². The number of hydrogen-bond donors (Lipinski definition) is 0. The highest BCUT2D eigenvalue weighted by Gasteiger charge is 2.33. The van der Waals surface area contributed by atoms with Gasteiger partial charge in [-0.2, -0.15) is 15.3 Å². The fraction of sp³-hybridized carbons (Fsp3) is 0.320. The van der Waals surface area contributed by atoms with Gasteiger partial charge in [-0.15, -0.1) is 0 Å². The first kappa shape index (κ1) is 77.2. The summed E-state index contributed by atoms with van der Waals surface area (Å²) in [5.74, 6) is 0. The van der Waals surface area contributed by atoms with E-state index < -0.39 is 29.3 Å². The van der Waals surface area contributed by atoms with Crippen molar-refractivity contribution in [3.63, 3.8) is 0 Å². The Bertz CT molecular complexity index is 3880. The van der Waals surface area contributed by atoms with E-state index in [-0.39, 0.29) is 0 Å². The predicted molar refractivity (Wildman–Crippen MR) is 401 cm³/mol. The van der Waals surface area contributed by atoms with Gasteiger partial charge in [-0.05, 0) is 103 Å². The predicted octanol–water partition coefficient (Wildman–Crippen LogP) is 12.8. The third kappa shape index (κ3) is 22.8. The second-order valence-corrected chi connectivity index (χ2v) is 34.5. The fourth-order valence-corrected chi connectivity index (χ4v) is 17.9. The molecule has 101 heavy (non-hydrogen) atoms. The van der Waals surface area contributed by atoms with E-state index in [9.17, 15) is 13.7 Å². The highest BCUT2D eigenvalue weighted by atomic mass is 32.4. The summed E-state index contributed by atoms with van der Waals surface area (Å²) in [6.07, 6.45) is 30.8. The van der Waals surface area contributed by atoms with E-state index in [0.717, 1.165) is 66.8 Å². The maximum absolute atomic E-state index is 13.0. The fourth-order valence-electron chi connectivity index (χ4n) is 11.0. The number of rotatable bonds is 39. The lowest BCUT2D eigenvalue weighted by atomic mass is 10.1. The van der Waals surface area contributed by atoms with Crippen LogP contribution in [0.25, 0.3) is 33.4 Å². The molecule has 6 aromatic heterocycles. The summed E-state index contributed by atoms with van der Waals surface area (Å²) in [5.41, 5.74) is 12.6. The van der Waals surface area contributed by atoms with Crippen LogP contribution in [-0.4, -0.2) is 112 Å². The Labute approximate surface area is 601 Å². The number of aromatic nitrogens is 6. The highest BCUT2D eigenvalue weighted by molar-refractivity contribution is 8.11. The van der Waals surface area contributed by atoms with Crippen LogP contribution in [0.4, 0.5) is 0 Å². The number of hydrogen-bond acceptors (Lipinski definition) is 13. The van der Waals surface area contributed by atoms with Crippen LogP contribution >= 0.6 is 29.3 Å². The molecule has 0 fully saturated rings. The first-order valence-corrected chi connectivity index (χ1v) is 42.0. The molecule has 3 aromatic carbocycles. The molecule has 21 nitrogen and oxygen atoms in total. The van der Waals surface area contributed by atoms with Gasteiger partial charge in [0.05, 0.1) is 58.3 Å². The molecule has 9 rings (SSSR count). The van der Waals surface area contributed by atoms with E-state index in [2.05, 4.69) is 196 Å². The molecule has 0 aliphatic rings. The first-order valence-electron chi connectivity index (χ1n) is 34.2. The summed E-state index contributed by atoms with van der Waals surface area (Å²) < 4.78 is 89.6. The van der Waals surface area contributed by atoms with Crippen LogP contribution in [0.5, 0.6) is 0 Å². The van der Waals surface area contributed by atoms with Gasteiger partial charge in [-0.25, -0.2) is 41.7 Å². The van der Waals surface area contributed by atoms with Crippen molar-refractivity contribution < 1.29 is 68.2 Å². The van der Waals surface area contributed by atoms with Crippen molar-refractivity contribution in [2.45, 2.75) is 80.8 Å². The van der Waals surface area contributed by atoms with Gasteiger partial charge in [-0.3, -0.25) is 13.7 Å². The summed E-state index contributed by atoms with van der Waals surface area (Å²) in [5, 5.41) is 14.9. The van der Waals surface area contributed by atoms with E-state index in [1.807, 2.05) is 132 Å². The molecule has 0 atom stereocenters. The van der Waals surface area contributed by atoms with Gasteiger partial charge in [0.15, 0.2) is 114 Å². The Morgan fingerprint density at radius 1 is 0.317 bits per heavy atom. The summed E-state index contributed by atoms with van der Waals surface area (Å²) in [4.78, 5) is 0. The van der Waals surface area contributed by atoms with Crippen LogP contribution in [0.15, 0.2) is 235 Å². The van der Waals surface area contributed by atoms with Gasteiger partial charge in [-0.1, -0.05) is 72.8 Å². The lowest BCUT2D eigenvalue weighted by Gasteiger charge is -2.39. The number of nitrogens with zero attached hydrogens (tertiary/aromatic N) is 12. The minimum atomic E-state index is -3.13. The van der Waals surface area contributed by atoms with Gasteiger partial charge in [0, 0.05) is 111 Å². The zero-order valence-electron chi connectivity index (χ0n) is 59.4. The van der Waals surface area contributed by atoms with Gasteiger partial charge in [0.25, 0.3) is 6.49 Å². The van der Waals surface area contributed by atoms with Crippen LogP contribution in [0.2, 0.25) is 0 Å². The third-order valence-corrected chi connectivity index (χ3v) is 27.3. The van der Waals surface area contributed by atoms with Crippen molar-refractivity contribution in [1.29, 1.82) is 0 Å². The normalized spacial score (nSPS) is 12.3. The minimum absolute atomic E-state index is 0.307. The molecule has 0 aliphatic heterocycles. The Hall–Kier alpha value is -7.93. The lowest BCUT2D eigenvalue weighted by Crippen LogP contribution is -2.34. The lowest BCUT2D eigenvalue weighted by molar-refractivity contribution is -0.692. The third-order valence-electron chi connectivity index (χ3n) is 16.5. The molecule has 0 amide bonds. The van der Waals surface area contributed by atoms with Crippen molar-refractivity contribution in [2.75, 3.05) is 79.3 Å². The Morgan fingerprint density at radius 2 is 0.505 bits per heavy atom. The number of aryl methyl sites for hydroxylation is 3. The summed E-state index contributed by atoms with van der Waals surface area (Å²) in [7, 11) is -3.77. The Kier molecular flexibility index (Phi) is 28.9. The monoisotopic (exact) mass is 1460 g/mol. The van der Waals surface area contributed by atoms with Crippen LogP contribution in [-0.2, 0) is 91.9 Å². The second-order valence-electron chi connectivity index (χ2n) is 23.7. The molecule has 0 unspecified atom stereocenters. The number of hydrazone groups is 3. The minimum Gasteiger partial charge on any atom is -0.309 e. The highest BCUT2D eigenvalue weighted by Crippen LogP contribution is 2.55. The zero-order chi connectivity index (χ0) is 71.7. The van der Waals surface area contributed by atoms with Crippen molar-refractivity contribution in [3.05, 3.63) is 253 Å². The van der Waals surface area contributed by atoms with E-state index >= 15 is 0 Å². The summed E-state index contributed by atoms with van der Waals surface area (Å²) >= 11 is 6.63. The molecule has 0 saturated heterocycles. The van der Waals surface area contributed by atoms with Crippen molar-refractivity contribution >= 4 is 59.7 Å². The smallest absolute Gasteiger partial charge is 0.309 e. The topological polar surface area (TPSA) is 177 Å². The van der Waals surface area contributed by atoms with Crippen LogP contribution in [0.1, 0.15) is 74.9 Å². The van der Waals surface area contributed by atoms with E-state index in [1.165, 1.54) is 0 Å². The molecule has 0 N–H and O–H groups in total. The molecule has 530 valence electrons. The second kappa shape index (κ2) is 37.8. The molecular weight excluding hydrogens is 1370 g/mol. The maximum atomic E-state index is 13.0. The molecule has 0 aliphatic carbocycles. The molecule has 0 bridgehead atoms. The summed E-state index contributed by atoms with van der Waals surface area (Å²) in [6, 6.07) is 50.0. The molecule has 26 heteroatoms. The standard InChI is InChI=1S/C75H96N12O9P4S/c1-10-91-97(88,92-11-2)55-52-82-40-28-70(29-41-82)73-34-46-85(47-35-73)61-67-22-16-64(17-23-67)58-76-79(7)100(101,80(8)77-59-65-18-24-68(25-19-65)62-86-48-36-74(37-49-86)71-30-42-83(43-31-71)53-56-98(89,93-12-3)94-13-4)81(9)78-60-66-20-26-69(27-21-66)63-87-50-38-75(39-51-87)72-32-44-84(45-33-72)54-57-99(90,95-14-5)96-15-6/h16-51,58-60H,10-15,52-57,61-63H2,1-9H3/q+6/b76-58-,77-59-,78-60+. The van der Waals surface area contributed by atoms with Crippen LogP contribution < -0.4 is 27.4 Å². The molecule has 9 aromatic rings. The Balaban J connectivity index is 0.841. The van der Waals surface area contributed by atoms with E-state index in [1.54, 1.807) is 14.3 Å². The van der Waals surface area contributed by atoms with E-state index in [0.29, 0.717) is 97.4 Å². The number of benzene rings is 3. The maximum Gasteiger partial charge on any atom is 0.337 e. The van der Waals surface area contributed by atoms with Crippen molar-refractivity contribution in [3.8, 4) is 33.4 Å². The van der Waals surface area contributed by atoms with E-state index in [4.69, 9.17) is 54.3 Å². The molecule has 0 spiro atoms. The van der Waals surface area contributed by atoms with Gasteiger partial charge >= 0.3 is 22.8 Å². The summed E-state index contributed by atoms with van der Waals surface area (Å²) in [6.45, 7) is 13.6. The molecular formula is C75H96N12O9P4S+6. The van der Waals surface area contributed by atoms with Crippen molar-refractivity contribution in [1.82, 2.24) is 14.3 Å². The average molecular weight is 1470 g/mol. The average Bonchev–Trinajstić information content (AvgIpc) is 0.807. The van der Waals surface area contributed by atoms with Crippen LogP contribution in [0, 0.1) is 0 Å². The molecule has 0 saturated carbocycles. The quantitative estimate of drug-likeness (QED) is 0.0154. The Morgan fingerprint density at radius 3 is 0.693 bits per heavy atom. The first-order chi connectivity index (χ1) is 48.8. The molecule has 6 heterocycles. The largest absolute Gasteiger partial charge is 0.337 e. The van der Waals surface area contributed by atoms with Gasteiger partial charge in [0.2, 0.25) is 0 Å². The van der Waals surface area contributed by atoms with Crippen molar-refractivity contribution in [2.24, 2.45) is 15.3 Å². The molecule has 0 radical (unpaired) electrons. The van der Waals surface area contributed by atoms with Gasteiger partial charge < -0.3 is 27.1 Å². The number of pyridine rings is 6. The SMILES string of the molecule is CCOP(=O)(CC[n+]1ccc(-c2cc[n+](Cc3ccc(/C=N\N(C)P(=S)(N(C)/N=C\c4ccc(C[n+]5ccc(-c6cc[n+](CCP(=O)(OCC)OCC)cc6)cc5)cc4)N(C)/N=C/c4ccc(C[n+]5ccc(-c6cc[n+](CCP(=O)(OCC)OCC)cc6)cc5)cc4)cc3)cc2)cc1)OCC.